The van der Waals surface area contributed by atoms with Crippen LogP contribution in [0.2, 0.25) is 0 Å². The maximum atomic E-state index is 16.2. The minimum absolute atomic E-state index is 0.00191. The number of phenols is 1. The van der Waals surface area contributed by atoms with Gasteiger partial charge < -0.3 is 34.0 Å². The first-order chi connectivity index (χ1) is 29.7. The third-order valence-corrected chi connectivity index (χ3v) is 14.5. The molecule has 7 heterocycles. The van der Waals surface area contributed by atoms with Crippen molar-refractivity contribution in [1.29, 1.82) is 0 Å². The molecular formula is C48H50FN5O7. The Labute approximate surface area is 354 Å². The highest BCUT2D eigenvalue weighted by molar-refractivity contribution is 6.06. The van der Waals surface area contributed by atoms with Gasteiger partial charge in [0.05, 0.1) is 42.8 Å². The Hall–Kier alpha value is -5.66. The first-order valence-electron chi connectivity index (χ1n) is 21.8. The molecule has 7 aliphatic heterocycles. The molecule has 316 valence electrons. The van der Waals surface area contributed by atoms with Gasteiger partial charge in [-0.3, -0.25) is 24.6 Å². The first-order valence-corrected chi connectivity index (χ1v) is 21.8. The molecule has 0 saturated carbocycles. The summed E-state index contributed by atoms with van der Waals surface area (Å²) in [7, 11) is 0. The summed E-state index contributed by atoms with van der Waals surface area (Å²) in [5, 5.41) is 12.6. The van der Waals surface area contributed by atoms with E-state index in [-0.39, 0.29) is 53.3 Å². The molecule has 1 unspecified atom stereocenters. The van der Waals surface area contributed by atoms with E-state index in [1.807, 2.05) is 42.5 Å². The lowest BCUT2D eigenvalue weighted by molar-refractivity contribution is -0.136. The van der Waals surface area contributed by atoms with Gasteiger partial charge in [-0.2, -0.15) is 0 Å². The number of aromatic hydroxyl groups is 1. The van der Waals surface area contributed by atoms with Gasteiger partial charge in [0.1, 0.15) is 35.7 Å². The molecule has 0 aromatic heterocycles. The second kappa shape index (κ2) is 15.1. The van der Waals surface area contributed by atoms with Gasteiger partial charge in [-0.25, -0.2) is 4.39 Å². The van der Waals surface area contributed by atoms with Crippen LogP contribution in [-0.4, -0.2) is 109 Å². The van der Waals surface area contributed by atoms with Crippen molar-refractivity contribution in [3.63, 3.8) is 0 Å². The number of anilines is 2. The summed E-state index contributed by atoms with van der Waals surface area (Å²) in [6.07, 6.45) is 3.25. The molecule has 61 heavy (non-hydrogen) atoms. The molecule has 4 aromatic carbocycles. The Morgan fingerprint density at radius 3 is 2.49 bits per heavy atom. The molecule has 0 bridgehead atoms. The maximum absolute atomic E-state index is 16.2. The highest BCUT2D eigenvalue weighted by atomic mass is 19.1. The number of ether oxygens (including phenoxy) is 3. The maximum Gasteiger partial charge on any atom is 0.255 e. The lowest BCUT2D eigenvalue weighted by atomic mass is 9.76. The van der Waals surface area contributed by atoms with E-state index in [2.05, 4.69) is 38.2 Å². The van der Waals surface area contributed by atoms with E-state index in [9.17, 15) is 19.5 Å². The monoisotopic (exact) mass is 827 g/mol. The number of fused-ring (bicyclic) bond motifs is 6. The Morgan fingerprint density at radius 2 is 1.67 bits per heavy atom. The van der Waals surface area contributed by atoms with E-state index in [0.717, 1.165) is 98.8 Å². The molecule has 5 atom stereocenters. The van der Waals surface area contributed by atoms with E-state index >= 15 is 4.39 Å². The smallest absolute Gasteiger partial charge is 0.255 e. The lowest BCUT2D eigenvalue weighted by Gasteiger charge is -2.46. The summed E-state index contributed by atoms with van der Waals surface area (Å²) < 4.78 is 35.4. The van der Waals surface area contributed by atoms with Crippen LogP contribution in [0.5, 0.6) is 17.2 Å². The highest BCUT2D eigenvalue weighted by Crippen LogP contribution is 2.49. The summed E-state index contributed by atoms with van der Waals surface area (Å²) in [5.41, 5.74) is 5.80. The standard InChI is InChI=1S/C48H50FN5O7/c49-38-20-31(44-35-8-7-33(55)21-42(35)59-28-37(44)30-4-2-1-3-5-30)6-10-39(38)52-16-14-48(15-17-52)22-29(26-61-48)23-51-18-19-53-32(24-51)27-60-45-36-25-54(41-12-13-43(56)50-46(41)57)47(58)34(36)9-11-40(45)53/h1-11,20-21,29,32,37,41,44,55H,12-19,22-28H2,(H,50,56,57)/t29?,32-,37-,41+,44-/m0/s1. The number of benzene rings is 4. The van der Waals surface area contributed by atoms with Gasteiger partial charge in [0, 0.05) is 80.3 Å². The largest absolute Gasteiger partial charge is 0.508 e. The lowest BCUT2D eigenvalue weighted by Crippen LogP contribution is -2.58. The molecule has 4 fully saturated rings. The summed E-state index contributed by atoms with van der Waals surface area (Å²) in [5.74, 6) is 0.691. The van der Waals surface area contributed by atoms with Crippen molar-refractivity contribution in [3.8, 4) is 17.2 Å². The number of nitrogens with one attached hydrogen (secondary N) is 1. The van der Waals surface area contributed by atoms with Gasteiger partial charge >= 0.3 is 0 Å². The van der Waals surface area contributed by atoms with Crippen molar-refractivity contribution < 1.29 is 38.1 Å². The fourth-order valence-corrected chi connectivity index (χ4v) is 11.4. The van der Waals surface area contributed by atoms with Crippen molar-refractivity contribution in [2.24, 2.45) is 5.92 Å². The van der Waals surface area contributed by atoms with Crippen molar-refractivity contribution in [1.82, 2.24) is 15.1 Å². The van der Waals surface area contributed by atoms with Gasteiger partial charge in [-0.05, 0) is 73.1 Å². The highest BCUT2D eigenvalue weighted by Gasteiger charge is 2.46. The van der Waals surface area contributed by atoms with E-state index in [0.29, 0.717) is 49.1 Å². The molecule has 12 nitrogen and oxygen atoms in total. The second-order valence-corrected chi connectivity index (χ2v) is 18.0. The van der Waals surface area contributed by atoms with Gasteiger partial charge in [-0.15, -0.1) is 0 Å². The third-order valence-electron chi connectivity index (χ3n) is 14.5. The van der Waals surface area contributed by atoms with E-state index < -0.39 is 11.9 Å². The summed E-state index contributed by atoms with van der Waals surface area (Å²) in [6.45, 7) is 7.03. The molecule has 0 aliphatic carbocycles. The Bertz CT molecular complexity index is 2400. The fourth-order valence-electron chi connectivity index (χ4n) is 11.4. The second-order valence-electron chi connectivity index (χ2n) is 18.0. The molecule has 3 amide bonds. The SMILES string of the molecule is O=C1CC[C@@H](N2Cc3c(ccc4c3OC[C@@H]3CN(CC5COC6(CCN(c7ccc([C@H]8c9ccc(O)cc9OC[C@H]8c8ccccc8)cc7F)CC6)C5)CCN43)C2=O)C(=O)N1. The fraction of sp³-hybridized carbons (Fsp3) is 0.438. The molecular weight excluding hydrogens is 778 g/mol. The van der Waals surface area contributed by atoms with E-state index in [1.54, 1.807) is 23.1 Å². The summed E-state index contributed by atoms with van der Waals surface area (Å²) in [6, 6.07) is 24.5. The quantitative estimate of drug-likeness (QED) is 0.239. The van der Waals surface area contributed by atoms with Crippen molar-refractivity contribution in [2.75, 3.05) is 68.9 Å². The van der Waals surface area contributed by atoms with Crippen molar-refractivity contribution in [2.45, 2.75) is 68.2 Å². The average Bonchev–Trinajstić information content (AvgIpc) is 3.82. The van der Waals surface area contributed by atoms with Gasteiger partial charge in [0.15, 0.2) is 0 Å². The molecule has 13 heteroatoms. The van der Waals surface area contributed by atoms with Crippen LogP contribution in [0.15, 0.2) is 78.9 Å². The van der Waals surface area contributed by atoms with Crippen LogP contribution in [0.3, 0.4) is 0 Å². The van der Waals surface area contributed by atoms with Crippen LogP contribution in [0.4, 0.5) is 15.8 Å². The minimum atomic E-state index is -0.658. The number of carbonyl (C=O) groups excluding carboxylic acids is 3. The zero-order chi connectivity index (χ0) is 41.4. The van der Waals surface area contributed by atoms with Crippen LogP contribution < -0.4 is 24.6 Å². The first kappa shape index (κ1) is 38.3. The number of piperazine rings is 1. The number of carbonyl (C=O) groups is 3. The summed E-state index contributed by atoms with van der Waals surface area (Å²) >= 11 is 0. The third kappa shape index (κ3) is 6.77. The van der Waals surface area contributed by atoms with E-state index in [4.69, 9.17) is 14.2 Å². The molecule has 11 rings (SSSR count). The topological polar surface area (TPSA) is 124 Å². The van der Waals surface area contributed by atoms with Crippen LogP contribution in [-0.2, 0) is 20.9 Å². The molecule has 4 saturated heterocycles. The Kier molecular flexibility index (Phi) is 9.45. The zero-order valence-corrected chi connectivity index (χ0v) is 34.1. The van der Waals surface area contributed by atoms with E-state index in [1.165, 1.54) is 0 Å². The van der Waals surface area contributed by atoms with Crippen LogP contribution in [0.1, 0.15) is 76.6 Å². The number of hydrogen-bond acceptors (Lipinski definition) is 10. The minimum Gasteiger partial charge on any atom is -0.508 e. The number of amides is 3. The van der Waals surface area contributed by atoms with Gasteiger partial charge in [0.25, 0.3) is 5.91 Å². The molecule has 4 aromatic rings. The molecule has 2 N–H and O–H groups in total. The Morgan fingerprint density at radius 1 is 0.836 bits per heavy atom. The zero-order valence-electron chi connectivity index (χ0n) is 34.1. The number of phenolic OH excluding ortho intramolecular Hbond substituents is 1. The number of piperidine rings is 2. The summed E-state index contributed by atoms with van der Waals surface area (Å²) in [4.78, 5) is 46.5. The number of imide groups is 1. The van der Waals surface area contributed by atoms with Crippen LogP contribution in [0.25, 0.3) is 0 Å². The predicted molar refractivity (Wildman–Crippen MR) is 225 cm³/mol. The molecule has 0 radical (unpaired) electrons. The predicted octanol–water partition coefficient (Wildman–Crippen LogP) is 5.56. The van der Waals surface area contributed by atoms with Crippen molar-refractivity contribution in [3.05, 3.63) is 112 Å². The number of nitrogens with zero attached hydrogens (tertiary/aromatic N) is 4. The van der Waals surface area contributed by atoms with Crippen molar-refractivity contribution >= 4 is 29.1 Å². The van der Waals surface area contributed by atoms with Crippen LogP contribution in [0, 0.1) is 11.7 Å². The Balaban J connectivity index is 0.710. The molecule has 1 spiro atoms. The number of rotatable bonds is 6. The number of halogens is 1. The van der Waals surface area contributed by atoms with Gasteiger partial charge in [-0.1, -0.05) is 42.5 Å². The van der Waals surface area contributed by atoms with Gasteiger partial charge in [0.2, 0.25) is 11.8 Å². The molecule has 7 aliphatic rings. The average molecular weight is 828 g/mol. The normalized spacial score (nSPS) is 26.9. The van der Waals surface area contributed by atoms with Crippen LogP contribution >= 0.6 is 0 Å². The number of hydrogen-bond donors (Lipinski definition) is 2.